The van der Waals surface area contributed by atoms with Gasteiger partial charge in [0.15, 0.2) is 0 Å². The van der Waals surface area contributed by atoms with Crippen molar-refractivity contribution in [2.45, 2.75) is 64.0 Å². The molecule has 0 aromatic carbocycles. The molecule has 1 aliphatic carbocycles. The van der Waals surface area contributed by atoms with E-state index in [2.05, 4.69) is 12.2 Å². The van der Waals surface area contributed by atoms with Crippen LogP contribution in [-0.4, -0.2) is 36.4 Å². The van der Waals surface area contributed by atoms with E-state index in [-0.39, 0.29) is 24.7 Å². The number of carbonyl (C=O) groups excluding carboxylic acids is 1. The van der Waals surface area contributed by atoms with Gasteiger partial charge < -0.3 is 15.2 Å². The lowest BCUT2D eigenvalue weighted by Gasteiger charge is -2.21. The fourth-order valence-corrected chi connectivity index (χ4v) is 2.12. The number of hydrogen-bond donors (Lipinski definition) is 2. The Balaban J connectivity index is 2.16. The number of rotatable bonds is 6. The molecule has 4 heteroatoms. The first-order chi connectivity index (χ1) is 8.24. The Labute approximate surface area is 104 Å². The van der Waals surface area contributed by atoms with Crippen molar-refractivity contribution in [1.29, 1.82) is 0 Å². The third-order valence-corrected chi connectivity index (χ3v) is 3.25. The van der Waals surface area contributed by atoms with Gasteiger partial charge in [0.05, 0.1) is 19.3 Å². The number of aliphatic hydroxyl groups excluding tert-OH is 1. The molecular formula is C13H25NO3. The molecule has 4 nitrogen and oxygen atoms in total. The van der Waals surface area contributed by atoms with Gasteiger partial charge in [-0.15, -0.1) is 0 Å². The molecule has 1 fully saturated rings. The van der Waals surface area contributed by atoms with E-state index < -0.39 is 0 Å². The van der Waals surface area contributed by atoms with Crippen LogP contribution in [0.1, 0.15) is 51.9 Å². The third kappa shape index (κ3) is 6.03. The highest BCUT2D eigenvalue weighted by Crippen LogP contribution is 2.17. The fourth-order valence-electron chi connectivity index (χ4n) is 2.12. The second kappa shape index (κ2) is 8.48. The first kappa shape index (κ1) is 14.5. The Morgan fingerprint density at radius 1 is 1.35 bits per heavy atom. The van der Waals surface area contributed by atoms with Crippen molar-refractivity contribution in [2.24, 2.45) is 0 Å². The number of esters is 1. The molecule has 17 heavy (non-hydrogen) atoms. The van der Waals surface area contributed by atoms with Crippen molar-refractivity contribution in [3.8, 4) is 0 Å². The maximum absolute atomic E-state index is 11.4. The first-order valence-corrected chi connectivity index (χ1v) is 6.81. The Bertz CT molecular complexity index is 221. The SMILES string of the molecule is CCCCOC(=O)CNC1CCCCCC1O. The van der Waals surface area contributed by atoms with Gasteiger partial charge in [0.2, 0.25) is 0 Å². The normalized spacial score (nSPS) is 25.3. The molecule has 100 valence electrons. The van der Waals surface area contributed by atoms with Gasteiger partial charge in [0.25, 0.3) is 0 Å². The van der Waals surface area contributed by atoms with Gasteiger partial charge in [-0.3, -0.25) is 4.79 Å². The Morgan fingerprint density at radius 3 is 2.88 bits per heavy atom. The summed E-state index contributed by atoms with van der Waals surface area (Å²) >= 11 is 0. The number of carbonyl (C=O) groups is 1. The van der Waals surface area contributed by atoms with Gasteiger partial charge in [-0.1, -0.05) is 32.6 Å². The molecule has 0 aliphatic heterocycles. The minimum Gasteiger partial charge on any atom is -0.465 e. The zero-order valence-corrected chi connectivity index (χ0v) is 10.8. The fraction of sp³-hybridized carbons (Fsp3) is 0.923. The molecule has 0 bridgehead atoms. The smallest absolute Gasteiger partial charge is 0.319 e. The van der Waals surface area contributed by atoms with Crippen molar-refractivity contribution in [2.75, 3.05) is 13.2 Å². The topological polar surface area (TPSA) is 58.6 Å². The lowest BCUT2D eigenvalue weighted by atomic mass is 10.1. The first-order valence-electron chi connectivity index (χ1n) is 6.81. The van der Waals surface area contributed by atoms with Crippen LogP contribution in [0.25, 0.3) is 0 Å². The average Bonchev–Trinajstić information content (AvgIpc) is 2.52. The van der Waals surface area contributed by atoms with Crippen LogP contribution < -0.4 is 5.32 Å². The molecule has 1 rings (SSSR count). The number of aliphatic hydroxyl groups is 1. The molecule has 0 aromatic rings. The van der Waals surface area contributed by atoms with E-state index >= 15 is 0 Å². The lowest BCUT2D eigenvalue weighted by Crippen LogP contribution is -2.42. The van der Waals surface area contributed by atoms with Crippen LogP contribution in [0.2, 0.25) is 0 Å². The molecular weight excluding hydrogens is 218 g/mol. The second-order valence-corrected chi connectivity index (χ2v) is 4.77. The summed E-state index contributed by atoms with van der Waals surface area (Å²) in [5.41, 5.74) is 0. The highest BCUT2D eigenvalue weighted by molar-refractivity contribution is 5.71. The predicted molar refractivity (Wildman–Crippen MR) is 66.7 cm³/mol. The van der Waals surface area contributed by atoms with Crippen LogP contribution in [0.15, 0.2) is 0 Å². The molecule has 0 radical (unpaired) electrons. The van der Waals surface area contributed by atoms with Crippen molar-refractivity contribution in [1.82, 2.24) is 5.32 Å². The van der Waals surface area contributed by atoms with Gasteiger partial charge in [-0.25, -0.2) is 0 Å². The Morgan fingerprint density at radius 2 is 2.12 bits per heavy atom. The van der Waals surface area contributed by atoms with Crippen LogP contribution in [0.5, 0.6) is 0 Å². The number of hydrogen-bond acceptors (Lipinski definition) is 4. The van der Waals surface area contributed by atoms with E-state index in [1.165, 1.54) is 6.42 Å². The highest BCUT2D eigenvalue weighted by Gasteiger charge is 2.21. The number of nitrogens with one attached hydrogen (secondary N) is 1. The summed E-state index contributed by atoms with van der Waals surface area (Å²) in [6.45, 7) is 2.78. The van der Waals surface area contributed by atoms with E-state index in [0.29, 0.717) is 6.61 Å². The highest BCUT2D eigenvalue weighted by atomic mass is 16.5. The molecule has 2 N–H and O–H groups in total. The zero-order valence-electron chi connectivity index (χ0n) is 10.8. The monoisotopic (exact) mass is 243 g/mol. The third-order valence-electron chi connectivity index (χ3n) is 3.25. The van der Waals surface area contributed by atoms with Crippen LogP contribution in [0.4, 0.5) is 0 Å². The predicted octanol–water partition coefficient (Wildman–Crippen LogP) is 1.61. The summed E-state index contributed by atoms with van der Waals surface area (Å²) in [5, 5.41) is 13.0. The Hall–Kier alpha value is -0.610. The maximum atomic E-state index is 11.4. The minimum absolute atomic E-state index is 0.0521. The van der Waals surface area contributed by atoms with Gasteiger partial charge in [-0.05, 0) is 19.3 Å². The van der Waals surface area contributed by atoms with E-state index in [9.17, 15) is 9.90 Å². The molecule has 2 atom stereocenters. The van der Waals surface area contributed by atoms with Crippen molar-refractivity contribution in [3.63, 3.8) is 0 Å². The standard InChI is InChI=1S/C13H25NO3/c1-2-3-9-17-13(16)10-14-11-7-5-4-6-8-12(11)15/h11-12,14-15H,2-10H2,1H3. The zero-order chi connectivity index (χ0) is 12.5. The van der Waals surface area contributed by atoms with Gasteiger partial charge in [0.1, 0.15) is 0 Å². The lowest BCUT2D eigenvalue weighted by molar-refractivity contribution is -0.142. The molecule has 0 saturated heterocycles. The summed E-state index contributed by atoms with van der Waals surface area (Å²) in [6, 6.07) is 0.0521. The summed E-state index contributed by atoms with van der Waals surface area (Å²) in [6.07, 6.45) is 6.79. The van der Waals surface area contributed by atoms with Gasteiger partial charge in [-0.2, -0.15) is 0 Å². The summed E-state index contributed by atoms with van der Waals surface area (Å²) in [7, 11) is 0. The summed E-state index contributed by atoms with van der Waals surface area (Å²) < 4.78 is 5.06. The van der Waals surface area contributed by atoms with E-state index in [4.69, 9.17) is 4.74 Å². The molecule has 0 spiro atoms. The van der Waals surface area contributed by atoms with Crippen LogP contribution in [-0.2, 0) is 9.53 Å². The second-order valence-electron chi connectivity index (χ2n) is 4.77. The van der Waals surface area contributed by atoms with Crippen molar-refractivity contribution in [3.05, 3.63) is 0 Å². The maximum Gasteiger partial charge on any atom is 0.319 e. The van der Waals surface area contributed by atoms with E-state index in [1.807, 2.05) is 0 Å². The summed E-state index contributed by atoms with van der Waals surface area (Å²) in [5.74, 6) is -0.213. The number of unbranched alkanes of at least 4 members (excludes halogenated alkanes) is 1. The molecule has 2 unspecified atom stereocenters. The minimum atomic E-state index is -0.319. The summed E-state index contributed by atoms with van der Waals surface area (Å²) in [4.78, 5) is 11.4. The molecule has 1 saturated carbocycles. The van der Waals surface area contributed by atoms with Gasteiger partial charge in [0, 0.05) is 6.04 Å². The Kier molecular flexibility index (Phi) is 7.21. The largest absolute Gasteiger partial charge is 0.465 e. The van der Waals surface area contributed by atoms with Crippen LogP contribution in [0.3, 0.4) is 0 Å². The molecule has 0 aromatic heterocycles. The number of ether oxygens (including phenoxy) is 1. The van der Waals surface area contributed by atoms with E-state index in [1.54, 1.807) is 0 Å². The quantitative estimate of drug-likeness (QED) is 0.423. The van der Waals surface area contributed by atoms with Crippen LogP contribution >= 0.6 is 0 Å². The molecule has 0 heterocycles. The molecule has 0 amide bonds. The van der Waals surface area contributed by atoms with Crippen LogP contribution in [0, 0.1) is 0 Å². The van der Waals surface area contributed by atoms with E-state index in [0.717, 1.165) is 38.5 Å². The average molecular weight is 243 g/mol. The van der Waals surface area contributed by atoms with Crippen molar-refractivity contribution >= 4 is 5.97 Å². The van der Waals surface area contributed by atoms with Gasteiger partial charge >= 0.3 is 5.97 Å². The van der Waals surface area contributed by atoms with Crippen molar-refractivity contribution < 1.29 is 14.6 Å². The molecule has 1 aliphatic rings.